The molecular weight excluding hydrogens is 226 g/mol. The van der Waals surface area contributed by atoms with Crippen molar-refractivity contribution in [3.8, 4) is 17.1 Å². The average Bonchev–Trinajstić information content (AvgIpc) is 2.67. The van der Waals surface area contributed by atoms with Gasteiger partial charge in [0.1, 0.15) is 5.75 Å². The van der Waals surface area contributed by atoms with Crippen LogP contribution in [0.15, 0.2) is 22.7 Å². The molecule has 0 radical (unpaired) electrons. The molecule has 16 heavy (non-hydrogen) atoms. The van der Waals surface area contributed by atoms with Gasteiger partial charge < -0.3 is 9.26 Å². The summed E-state index contributed by atoms with van der Waals surface area (Å²) in [7, 11) is 1.60. The van der Waals surface area contributed by atoms with Crippen molar-refractivity contribution in [3.05, 3.63) is 34.5 Å². The molecule has 0 amide bonds. The van der Waals surface area contributed by atoms with Gasteiger partial charge in [0.2, 0.25) is 0 Å². The third-order valence-electron chi connectivity index (χ3n) is 2.39. The molecule has 0 bridgehead atoms. The quantitative estimate of drug-likeness (QED) is 0.800. The number of aromatic nitrogens is 1. The molecule has 0 N–H and O–H groups in total. The van der Waals surface area contributed by atoms with Gasteiger partial charge in [-0.25, -0.2) is 0 Å². The van der Waals surface area contributed by atoms with Crippen molar-refractivity contribution in [2.75, 3.05) is 7.11 Å². The van der Waals surface area contributed by atoms with E-state index in [9.17, 15) is 0 Å². The first kappa shape index (κ1) is 11.0. The van der Waals surface area contributed by atoms with E-state index in [1.807, 2.05) is 32.0 Å². The van der Waals surface area contributed by atoms with Crippen molar-refractivity contribution in [2.45, 2.75) is 13.8 Å². The van der Waals surface area contributed by atoms with Gasteiger partial charge >= 0.3 is 0 Å². The summed E-state index contributed by atoms with van der Waals surface area (Å²) in [5.41, 5.74) is 2.82. The Labute approximate surface area is 99.0 Å². The van der Waals surface area contributed by atoms with Crippen molar-refractivity contribution in [1.29, 1.82) is 0 Å². The van der Waals surface area contributed by atoms with E-state index in [1.54, 1.807) is 7.11 Å². The molecule has 0 unspecified atom stereocenters. The van der Waals surface area contributed by atoms with E-state index < -0.39 is 0 Å². The zero-order chi connectivity index (χ0) is 11.7. The lowest BCUT2D eigenvalue weighted by atomic mass is 10.1. The molecule has 4 heteroatoms. The topological polar surface area (TPSA) is 35.3 Å². The van der Waals surface area contributed by atoms with Crippen LogP contribution in [0.2, 0.25) is 5.02 Å². The fourth-order valence-corrected chi connectivity index (χ4v) is 1.81. The minimum Gasteiger partial charge on any atom is -0.495 e. The molecule has 1 aromatic carbocycles. The van der Waals surface area contributed by atoms with Gasteiger partial charge in [-0.1, -0.05) is 16.8 Å². The van der Waals surface area contributed by atoms with Crippen molar-refractivity contribution < 1.29 is 9.26 Å². The number of rotatable bonds is 2. The first-order valence-electron chi connectivity index (χ1n) is 4.89. The smallest absolute Gasteiger partial charge is 0.167 e. The van der Waals surface area contributed by atoms with Crippen LogP contribution in [-0.4, -0.2) is 12.3 Å². The van der Waals surface area contributed by atoms with Crippen molar-refractivity contribution in [2.24, 2.45) is 0 Å². The Morgan fingerprint density at radius 1 is 1.25 bits per heavy atom. The number of halogens is 1. The Balaban J connectivity index is 2.54. The van der Waals surface area contributed by atoms with Crippen LogP contribution in [0.4, 0.5) is 0 Å². The summed E-state index contributed by atoms with van der Waals surface area (Å²) >= 11 is 6.07. The molecule has 3 nitrogen and oxygen atoms in total. The molecule has 2 rings (SSSR count). The Bertz CT molecular complexity index is 520. The zero-order valence-electron chi connectivity index (χ0n) is 9.37. The summed E-state index contributed by atoms with van der Waals surface area (Å²) in [5, 5.41) is 4.42. The number of methoxy groups -OCH3 is 1. The van der Waals surface area contributed by atoms with Crippen LogP contribution in [0.1, 0.15) is 11.3 Å². The van der Waals surface area contributed by atoms with Gasteiger partial charge in [0.15, 0.2) is 5.76 Å². The number of hydrogen-bond acceptors (Lipinski definition) is 3. The number of hydrogen-bond donors (Lipinski definition) is 0. The molecule has 84 valence electrons. The third kappa shape index (κ3) is 1.91. The maximum atomic E-state index is 6.07. The van der Waals surface area contributed by atoms with E-state index in [0.717, 1.165) is 22.6 Å². The van der Waals surface area contributed by atoms with Crippen LogP contribution in [0.25, 0.3) is 11.3 Å². The second-order valence-electron chi connectivity index (χ2n) is 3.63. The molecule has 0 aliphatic heterocycles. The van der Waals surface area contributed by atoms with E-state index in [1.165, 1.54) is 0 Å². The fraction of sp³-hybridized carbons (Fsp3) is 0.250. The van der Waals surface area contributed by atoms with Gasteiger partial charge in [-0.3, -0.25) is 0 Å². The monoisotopic (exact) mass is 237 g/mol. The lowest BCUT2D eigenvalue weighted by Crippen LogP contribution is -1.88. The molecule has 0 fully saturated rings. The first-order valence-corrected chi connectivity index (χ1v) is 5.27. The van der Waals surface area contributed by atoms with E-state index in [-0.39, 0.29) is 0 Å². The maximum absolute atomic E-state index is 6.07. The van der Waals surface area contributed by atoms with Gasteiger partial charge in [0, 0.05) is 11.6 Å². The van der Waals surface area contributed by atoms with Crippen LogP contribution >= 0.6 is 11.6 Å². The van der Waals surface area contributed by atoms with Crippen LogP contribution < -0.4 is 4.74 Å². The lowest BCUT2D eigenvalue weighted by molar-refractivity contribution is 0.414. The predicted molar refractivity (Wildman–Crippen MR) is 63.0 cm³/mol. The van der Waals surface area contributed by atoms with E-state index in [4.69, 9.17) is 20.9 Å². The molecule has 0 saturated heterocycles. The van der Waals surface area contributed by atoms with Gasteiger partial charge in [-0.2, -0.15) is 0 Å². The third-order valence-corrected chi connectivity index (χ3v) is 2.69. The van der Waals surface area contributed by atoms with Crippen LogP contribution in [0.3, 0.4) is 0 Å². The zero-order valence-corrected chi connectivity index (χ0v) is 10.1. The summed E-state index contributed by atoms with van der Waals surface area (Å²) < 4.78 is 10.4. The standard InChI is InChI=1S/C12H12ClNO2/c1-7-4-12(15-3)10(13)6-9(7)11-5-8(2)14-16-11/h4-6H,1-3H3. The summed E-state index contributed by atoms with van der Waals surface area (Å²) in [6.07, 6.45) is 0. The molecule has 0 spiro atoms. The summed E-state index contributed by atoms with van der Waals surface area (Å²) in [5.74, 6) is 1.39. The molecule has 0 saturated carbocycles. The summed E-state index contributed by atoms with van der Waals surface area (Å²) in [6.45, 7) is 3.86. The summed E-state index contributed by atoms with van der Waals surface area (Å²) in [4.78, 5) is 0. The molecular formula is C12H12ClNO2. The van der Waals surface area contributed by atoms with Crippen LogP contribution in [0.5, 0.6) is 5.75 Å². The lowest BCUT2D eigenvalue weighted by Gasteiger charge is -2.07. The number of nitrogens with zero attached hydrogens (tertiary/aromatic N) is 1. The van der Waals surface area contributed by atoms with Crippen LogP contribution in [0, 0.1) is 13.8 Å². The Morgan fingerprint density at radius 2 is 2.00 bits per heavy atom. The fourth-order valence-electron chi connectivity index (χ4n) is 1.57. The van der Waals surface area contributed by atoms with E-state index in [0.29, 0.717) is 10.8 Å². The Morgan fingerprint density at radius 3 is 2.56 bits per heavy atom. The Hall–Kier alpha value is -1.48. The number of benzene rings is 1. The van der Waals surface area contributed by atoms with Crippen molar-refractivity contribution >= 4 is 11.6 Å². The maximum Gasteiger partial charge on any atom is 0.167 e. The molecule has 1 heterocycles. The van der Waals surface area contributed by atoms with Crippen molar-refractivity contribution in [3.63, 3.8) is 0 Å². The average molecular weight is 238 g/mol. The molecule has 0 aliphatic carbocycles. The second-order valence-corrected chi connectivity index (χ2v) is 4.04. The highest BCUT2D eigenvalue weighted by atomic mass is 35.5. The highest BCUT2D eigenvalue weighted by Gasteiger charge is 2.11. The Kier molecular flexibility index (Phi) is 2.88. The van der Waals surface area contributed by atoms with Crippen LogP contribution in [-0.2, 0) is 0 Å². The van der Waals surface area contributed by atoms with Gasteiger partial charge in [0.25, 0.3) is 0 Å². The summed E-state index contributed by atoms with van der Waals surface area (Å²) in [6, 6.07) is 5.59. The highest BCUT2D eigenvalue weighted by molar-refractivity contribution is 6.32. The molecule has 2 aromatic rings. The predicted octanol–water partition coefficient (Wildman–Crippen LogP) is 3.62. The van der Waals surface area contributed by atoms with E-state index in [2.05, 4.69) is 5.16 Å². The largest absolute Gasteiger partial charge is 0.495 e. The SMILES string of the molecule is COc1cc(C)c(-c2cc(C)no2)cc1Cl. The number of ether oxygens (including phenoxy) is 1. The van der Waals surface area contributed by atoms with Gasteiger partial charge in [-0.15, -0.1) is 0 Å². The normalized spacial score (nSPS) is 10.5. The van der Waals surface area contributed by atoms with Gasteiger partial charge in [-0.05, 0) is 31.5 Å². The minimum absolute atomic E-state index is 0.567. The van der Waals surface area contributed by atoms with E-state index >= 15 is 0 Å². The second kappa shape index (κ2) is 4.18. The minimum atomic E-state index is 0.567. The first-order chi connectivity index (χ1) is 7.61. The molecule has 0 atom stereocenters. The van der Waals surface area contributed by atoms with Crippen molar-refractivity contribution in [1.82, 2.24) is 5.16 Å². The molecule has 1 aromatic heterocycles. The molecule has 0 aliphatic rings. The highest BCUT2D eigenvalue weighted by Crippen LogP contribution is 2.33. The van der Waals surface area contributed by atoms with Gasteiger partial charge in [0.05, 0.1) is 17.8 Å². The number of aryl methyl sites for hydroxylation is 2.